The maximum absolute atomic E-state index is 5.67. The van der Waals surface area contributed by atoms with Gasteiger partial charge in [-0.05, 0) is 18.6 Å². The van der Waals surface area contributed by atoms with Crippen LogP contribution in [0.1, 0.15) is 19.2 Å². The molecule has 1 aromatic carbocycles. The number of hydrogen-bond acceptors (Lipinski definition) is 4. The lowest BCUT2D eigenvalue weighted by atomic mass is 10.3. The van der Waals surface area contributed by atoms with E-state index >= 15 is 0 Å². The quantitative estimate of drug-likeness (QED) is 0.799. The van der Waals surface area contributed by atoms with E-state index in [2.05, 4.69) is 17.1 Å². The fourth-order valence-corrected chi connectivity index (χ4v) is 1.57. The molecule has 5 nitrogen and oxygen atoms in total. The van der Waals surface area contributed by atoms with E-state index in [9.17, 15) is 0 Å². The first-order valence-corrected chi connectivity index (χ1v) is 5.64. The molecule has 1 aromatic heterocycles. The van der Waals surface area contributed by atoms with Crippen molar-refractivity contribution < 1.29 is 4.74 Å². The average Bonchev–Trinajstić information content (AvgIpc) is 2.75. The van der Waals surface area contributed by atoms with E-state index in [-0.39, 0.29) is 0 Å². The van der Waals surface area contributed by atoms with Gasteiger partial charge in [0.05, 0.1) is 0 Å². The summed E-state index contributed by atoms with van der Waals surface area (Å²) in [4.78, 5) is 0. The summed E-state index contributed by atoms with van der Waals surface area (Å²) in [5.41, 5.74) is 6.36. The lowest BCUT2D eigenvalue weighted by Crippen LogP contribution is -2.06. The molecule has 2 aromatic rings. The van der Waals surface area contributed by atoms with Crippen molar-refractivity contribution in [3.05, 3.63) is 36.4 Å². The minimum atomic E-state index is 0.406. The summed E-state index contributed by atoms with van der Waals surface area (Å²) in [7, 11) is 0. The summed E-state index contributed by atoms with van der Waals surface area (Å²) in [6, 6.07) is 7.35. The van der Waals surface area contributed by atoms with Gasteiger partial charge >= 0.3 is 0 Å². The van der Waals surface area contributed by atoms with Crippen molar-refractivity contribution in [1.82, 2.24) is 14.8 Å². The van der Waals surface area contributed by atoms with Crippen LogP contribution >= 0.6 is 0 Å². The molecule has 0 aliphatic rings. The van der Waals surface area contributed by atoms with Crippen molar-refractivity contribution in [3.8, 4) is 5.75 Å². The van der Waals surface area contributed by atoms with Crippen LogP contribution in [0.15, 0.2) is 30.6 Å². The van der Waals surface area contributed by atoms with Gasteiger partial charge < -0.3 is 15.0 Å². The van der Waals surface area contributed by atoms with Gasteiger partial charge in [0.25, 0.3) is 0 Å². The van der Waals surface area contributed by atoms with Gasteiger partial charge in [-0.15, -0.1) is 10.2 Å². The summed E-state index contributed by atoms with van der Waals surface area (Å²) in [6.45, 7) is 3.43. The summed E-state index contributed by atoms with van der Waals surface area (Å²) < 4.78 is 7.61. The highest BCUT2D eigenvalue weighted by atomic mass is 16.5. The Labute approximate surface area is 100 Å². The Morgan fingerprint density at radius 3 is 3.06 bits per heavy atom. The number of ether oxygens (including phenoxy) is 1. The molecule has 0 unspecified atom stereocenters. The third-order valence-corrected chi connectivity index (χ3v) is 2.39. The molecule has 2 rings (SSSR count). The molecule has 90 valence electrons. The number of aromatic nitrogens is 3. The standard InChI is InChI=1S/C12H16N4O/c1-2-6-16-9-14-15-12(16)8-17-11-5-3-4-10(13)7-11/h3-5,7,9H,2,6,8,13H2,1H3. The third-order valence-electron chi connectivity index (χ3n) is 2.39. The first kappa shape index (κ1) is 11.4. The van der Waals surface area contributed by atoms with Gasteiger partial charge in [0.15, 0.2) is 5.82 Å². The Morgan fingerprint density at radius 2 is 2.29 bits per heavy atom. The minimum absolute atomic E-state index is 0.406. The van der Waals surface area contributed by atoms with E-state index in [1.165, 1.54) is 0 Å². The van der Waals surface area contributed by atoms with Gasteiger partial charge in [0.1, 0.15) is 18.7 Å². The number of benzene rings is 1. The number of nitrogens with two attached hydrogens (primary N) is 1. The summed E-state index contributed by atoms with van der Waals surface area (Å²) in [5.74, 6) is 1.57. The van der Waals surface area contributed by atoms with E-state index in [0.29, 0.717) is 12.3 Å². The molecule has 0 atom stereocenters. The number of nitrogen functional groups attached to an aromatic ring is 1. The molecule has 0 saturated carbocycles. The molecule has 2 N–H and O–H groups in total. The SMILES string of the molecule is CCCn1cnnc1COc1cccc(N)c1. The normalized spacial score (nSPS) is 10.4. The van der Waals surface area contributed by atoms with Crippen LogP contribution in [0.5, 0.6) is 5.75 Å². The van der Waals surface area contributed by atoms with Crippen LogP contribution in [0, 0.1) is 0 Å². The molecular weight excluding hydrogens is 216 g/mol. The second-order valence-corrected chi connectivity index (χ2v) is 3.80. The Kier molecular flexibility index (Phi) is 3.59. The Morgan fingerprint density at radius 1 is 1.41 bits per heavy atom. The average molecular weight is 232 g/mol. The molecule has 0 fully saturated rings. The Bertz CT molecular complexity index is 481. The molecule has 0 saturated heterocycles. The topological polar surface area (TPSA) is 66.0 Å². The number of hydrogen-bond donors (Lipinski definition) is 1. The van der Waals surface area contributed by atoms with E-state index in [0.717, 1.165) is 24.5 Å². The fraction of sp³-hybridized carbons (Fsp3) is 0.333. The summed E-state index contributed by atoms with van der Waals surface area (Å²) in [5, 5.41) is 7.91. The van der Waals surface area contributed by atoms with Crippen molar-refractivity contribution in [1.29, 1.82) is 0 Å². The van der Waals surface area contributed by atoms with Crippen LogP contribution < -0.4 is 10.5 Å². The van der Waals surface area contributed by atoms with Crippen molar-refractivity contribution in [3.63, 3.8) is 0 Å². The van der Waals surface area contributed by atoms with Crippen LogP contribution in [-0.4, -0.2) is 14.8 Å². The van der Waals surface area contributed by atoms with E-state index in [1.54, 1.807) is 12.4 Å². The second-order valence-electron chi connectivity index (χ2n) is 3.80. The number of nitrogens with zero attached hydrogens (tertiary/aromatic N) is 3. The van der Waals surface area contributed by atoms with E-state index in [4.69, 9.17) is 10.5 Å². The zero-order valence-electron chi connectivity index (χ0n) is 9.84. The van der Waals surface area contributed by atoms with Gasteiger partial charge in [-0.3, -0.25) is 0 Å². The number of anilines is 1. The highest BCUT2D eigenvalue weighted by Gasteiger charge is 2.04. The van der Waals surface area contributed by atoms with Crippen molar-refractivity contribution in [2.24, 2.45) is 0 Å². The Balaban J connectivity index is 1.99. The molecule has 0 aliphatic carbocycles. The van der Waals surface area contributed by atoms with Crippen LogP contribution in [0.3, 0.4) is 0 Å². The van der Waals surface area contributed by atoms with Gasteiger partial charge in [-0.1, -0.05) is 13.0 Å². The van der Waals surface area contributed by atoms with Crippen LogP contribution in [-0.2, 0) is 13.2 Å². The number of aryl methyl sites for hydroxylation is 1. The first-order chi connectivity index (χ1) is 8.29. The molecule has 1 heterocycles. The largest absolute Gasteiger partial charge is 0.486 e. The molecule has 0 amide bonds. The lowest BCUT2D eigenvalue weighted by molar-refractivity contribution is 0.289. The first-order valence-electron chi connectivity index (χ1n) is 5.64. The smallest absolute Gasteiger partial charge is 0.170 e. The van der Waals surface area contributed by atoms with Crippen molar-refractivity contribution in [2.75, 3.05) is 5.73 Å². The molecule has 0 bridgehead atoms. The fourth-order valence-electron chi connectivity index (χ4n) is 1.57. The highest BCUT2D eigenvalue weighted by molar-refractivity contribution is 5.43. The monoisotopic (exact) mass is 232 g/mol. The second kappa shape index (κ2) is 5.34. The highest BCUT2D eigenvalue weighted by Crippen LogP contribution is 2.15. The van der Waals surface area contributed by atoms with Crippen molar-refractivity contribution >= 4 is 5.69 Å². The van der Waals surface area contributed by atoms with Gasteiger partial charge in [-0.25, -0.2) is 0 Å². The van der Waals surface area contributed by atoms with E-state index < -0.39 is 0 Å². The van der Waals surface area contributed by atoms with E-state index in [1.807, 2.05) is 22.8 Å². The van der Waals surface area contributed by atoms with Gasteiger partial charge in [0, 0.05) is 18.3 Å². The van der Waals surface area contributed by atoms with Crippen LogP contribution in [0.2, 0.25) is 0 Å². The van der Waals surface area contributed by atoms with Crippen LogP contribution in [0.4, 0.5) is 5.69 Å². The zero-order valence-corrected chi connectivity index (χ0v) is 9.84. The van der Waals surface area contributed by atoms with Crippen molar-refractivity contribution in [2.45, 2.75) is 26.5 Å². The van der Waals surface area contributed by atoms with Gasteiger partial charge in [0.2, 0.25) is 0 Å². The van der Waals surface area contributed by atoms with Gasteiger partial charge in [-0.2, -0.15) is 0 Å². The molecule has 0 radical (unpaired) electrons. The molecular formula is C12H16N4O. The molecule has 0 aliphatic heterocycles. The zero-order chi connectivity index (χ0) is 12.1. The summed E-state index contributed by atoms with van der Waals surface area (Å²) in [6.07, 6.45) is 2.77. The van der Waals surface area contributed by atoms with Crippen LogP contribution in [0.25, 0.3) is 0 Å². The molecule has 17 heavy (non-hydrogen) atoms. The maximum Gasteiger partial charge on any atom is 0.170 e. The summed E-state index contributed by atoms with van der Waals surface area (Å²) >= 11 is 0. The maximum atomic E-state index is 5.67. The Hall–Kier alpha value is -2.04. The molecule has 5 heteroatoms. The third kappa shape index (κ3) is 2.96. The molecule has 0 spiro atoms. The minimum Gasteiger partial charge on any atom is -0.486 e. The number of rotatable bonds is 5. The lowest BCUT2D eigenvalue weighted by Gasteiger charge is -2.07. The predicted octanol–water partition coefficient (Wildman–Crippen LogP) is 1.85. The predicted molar refractivity (Wildman–Crippen MR) is 65.5 cm³/mol.